The topological polar surface area (TPSA) is 84.9 Å². The van der Waals surface area contributed by atoms with Crippen LogP contribution in [-0.2, 0) is 9.59 Å². The van der Waals surface area contributed by atoms with Crippen LogP contribution >= 0.6 is 0 Å². The van der Waals surface area contributed by atoms with Crippen LogP contribution in [-0.4, -0.2) is 60.7 Å². The van der Waals surface area contributed by atoms with E-state index in [9.17, 15) is 9.59 Å². The number of para-hydroxylation sites is 1. The number of nitrogens with one attached hydrogen (secondary N) is 2. The van der Waals surface area contributed by atoms with Gasteiger partial charge in [0.1, 0.15) is 0 Å². The maximum Gasteiger partial charge on any atom is 0.248 e. The van der Waals surface area contributed by atoms with Crippen molar-refractivity contribution in [1.29, 1.82) is 0 Å². The van der Waals surface area contributed by atoms with Gasteiger partial charge in [0.25, 0.3) is 0 Å². The highest BCUT2D eigenvalue weighted by Crippen LogP contribution is 2.52. The Kier molecular flexibility index (Phi) is 4.82. The molecule has 2 saturated heterocycles. The molecule has 2 aliphatic heterocycles. The lowest BCUT2D eigenvalue weighted by molar-refractivity contribution is -0.145. The number of rotatable bonds is 3. The fraction of sp³-hybridized carbons (Fsp3) is 0.600. The lowest BCUT2D eigenvalue weighted by atomic mass is 9.81. The Hall–Kier alpha value is -2.12. The number of piperidine rings is 1. The molecule has 0 bridgehead atoms. The first-order chi connectivity index (χ1) is 13.0. The molecule has 3 fully saturated rings. The number of anilines is 1. The van der Waals surface area contributed by atoms with Gasteiger partial charge in [0.05, 0.1) is 12.0 Å². The highest BCUT2D eigenvalue weighted by molar-refractivity contribution is 5.90. The Labute approximate surface area is 159 Å². The van der Waals surface area contributed by atoms with Crippen molar-refractivity contribution >= 4 is 17.5 Å². The van der Waals surface area contributed by atoms with Crippen LogP contribution in [0.1, 0.15) is 24.8 Å². The van der Waals surface area contributed by atoms with Crippen LogP contribution in [0.5, 0.6) is 0 Å². The molecule has 1 saturated carbocycles. The minimum Gasteiger partial charge on any atom is -0.368 e. The Morgan fingerprint density at radius 3 is 2.52 bits per heavy atom. The summed E-state index contributed by atoms with van der Waals surface area (Å²) in [5.41, 5.74) is 4.37. The zero-order valence-electron chi connectivity index (χ0n) is 15.8. The van der Waals surface area contributed by atoms with Gasteiger partial charge < -0.3 is 15.1 Å². The predicted molar refractivity (Wildman–Crippen MR) is 101 cm³/mol. The standard InChI is InChI=1S/C20H28N4O3/c1-14-4-2-3-5-16(14)23-8-10-24(11-9-23)19(26)17-15(18(25)22-27)12-20(6-7-20)13-21-17/h2-5,15,17,21,27H,6-13H2,1H3,(H,22,25)/t15-,17-/m0/s1. The van der Waals surface area contributed by atoms with E-state index in [4.69, 9.17) is 5.21 Å². The van der Waals surface area contributed by atoms with E-state index in [1.54, 1.807) is 5.48 Å². The largest absolute Gasteiger partial charge is 0.368 e. The number of benzene rings is 1. The van der Waals surface area contributed by atoms with Gasteiger partial charge in [0.2, 0.25) is 11.8 Å². The van der Waals surface area contributed by atoms with Crippen molar-refractivity contribution in [2.24, 2.45) is 11.3 Å². The predicted octanol–water partition coefficient (Wildman–Crippen LogP) is 0.907. The summed E-state index contributed by atoms with van der Waals surface area (Å²) in [5.74, 6) is -0.984. The first-order valence-corrected chi connectivity index (χ1v) is 9.80. The molecule has 1 spiro atoms. The van der Waals surface area contributed by atoms with E-state index in [1.165, 1.54) is 11.3 Å². The van der Waals surface area contributed by atoms with Crippen LogP contribution in [0.15, 0.2) is 24.3 Å². The number of amides is 2. The Balaban J connectivity index is 1.41. The summed E-state index contributed by atoms with van der Waals surface area (Å²) in [6, 6.07) is 7.74. The Morgan fingerprint density at radius 2 is 1.89 bits per heavy atom. The molecule has 3 aliphatic rings. The Bertz CT molecular complexity index is 726. The Morgan fingerprint density at radius 1 is 1.19 bits per heavy atom. The molecular formula is C20H28N4O3. The van der Waals surface area contributed by atoms with Gasteiger partial charge in [-0.25, -0.2) is 5.48 Å². The van der Waals surface area contributed by atoms with Crippen molar-refractivity contribution in [2.45, 2.75) is 32.2 Å². The summed E-state index contributed by atoms with van der Waals surface area (Å²) in [7, 11) is 0. The number of hydrogen-bond donors (Lipinski definition) is 3. The van der Waals surface area contributed by atoms with Crippen LogP contribution in [0.2, 0.25) is 0 Å². The van der Waals surface area contributed by atoms with Crippen LogP contribution in [0, 0.1) is 18.3 Å². The van der Waals surface area contributed by atoms with Gasteiger partial charge in [-0.15, -0.1) is 0 Å². The lowest BCUT2D eigenvalue weighted by Crippen LogP contribution is -2.61. The van der Waals surface area contributed by atoms with E-state index in [-0.39, 0.29) is 11.3 Å². The molecule has 1 aromatic carbocycles. The molecular weight excluding hydrogens is 344 g/mol. The molecule has 2 amide bonds. The number of hydrogen-bond acceptors (Lipinski definition) is 5. The van der Waals surface area contributed by atoms with Crippen LogP contribution < -0.4 is 15.7 Å². The molecule has 27 heavy (non-hydrogen) atoms. The van der Waals surface area contributed by atoms with E-state index in [2.05, 4.69) is 29.3 Å². The van der Waals surface area contributed by atoms with Crippen molar-refractivity contribution in [3.05, 3.63) is 29.8 Å². The second-order valence-corrected chi connectivity index (χ2v) is 8.24. The molecule has 1 aromatic rings. The highest BCUT2D eigenvalue weighted by atomic mass is 16.5. The summed E-state index contributed by atoms with van der Waals surface area (Å²) < 4.78 is 0. The maximum atomic E-state index is 13.1. The van der Waals surface area contributed by atoms with Gasteiger partial charge in [-0.05, 0) is 43.2 Å². The van der Waals surface area contributed by atoms with E-state index in [0.717, 1.165) is 32.5 Å². The quantitative estimate of drug-likeness (QED) is 0.542. The van der Waals surface area contributed by atoms with E-state index >= 15 is 0 Å². The zero-order valence-corrected chi connectivity index (χ0v) is 15.8. The molecule has 7 nitrogen and oxygen atoms in total. The molecule has 3 N–H and O–H groups in total. The van der Waals surface area contributed by atoms with Crippen molar-refractivity contribution in [1.82, 2.24) is 15.7 Å². The summed E-state index contributed by atoms with van der Waals surface area (Å²) in [6.45, 7) is 5.73. The smallest absolute Gasteiger partial charge is 0.248 e. The van der Waals surface area contributed by atoms with Crippen LogP contribution in [0.3, 0.4) is 0 Å². The molecule has 0 radical (unpaired) electrons. The zero-order chi connectivity index (χ0) is 19.0. The van der Waals surface area contributed by atoms with Gasteiger partial charge in [-0.2, -0.15) is 0 Å². The van der Waals surface area contributed by atoms with Crippen molar-refractivity contribution < 1.29 is 14.8 Å². The molecule has 146 valence electrons. The first kappa shape index (κ1) is 18.3. The van der Waals surface area contributed by atoms with Gasteiger partial charge in [-0.1, -0.05) is 18.2 Å². The number of carbonyl (C=O) groups is 2. The van der Waals surface area contributed by atoms with Crippen molar-refractivity contribution in [3.63, 3.8) is 0 Å². The van der Waals surface area contributed by atoms with E-state index in [0.29, 0.717) is 19.5 Å². The fourth-order valence-electron chi connectivity index (χ4n) is 4.55. The fourth-order valence-corrected chi connectivity index (χ4v) is 4.55. The number of nitrogens with zero attached hydrogens (tertiary/aromatic N) is 2. The van der Waals surface area contributed by atoms with Gasteiger partial charge >= 0.3 is 0 Å². The number of aryl methyl sites for hydroxylation is 1. The van der Waals surface area contributed by atoms with Gasteiger partial charge in [-0.3, -0.25) is 14.8 Å². The van der Waals surface area contributed by atoms with Gasteiger partial charge in [0, 0.05) is 38.4 Å². The molecule has 0 unspecified atom stereocenters. The molecule has 7 heteroatoms. The molecule has 2 heterocycles. The summed E-state index contributed by atoms with van der Waals surface area (Å²) in [4.78, 5) is 29.4. The first-order valence-electron chi connectivity index (χ1n) is 9.80. The van der Waals surface area contributed by atoms with E-state index < -0.39 is 17.9 Å². The highest BCUT2D eigenvalue weighted by Gasteiger charge is 2.52. The summed E-state index contributed by atoms with van der Waals surface area (Å²) in [6.07, 6.45) is 2.85. The SMILES string of the molecule is Cc1ccccc1N1CCN(C(=O)[C@H]2NCC3(CC3)C[C@@H]2C(=O)NO)CC1. The minimum atomic E-state index is -0.548. The third kappa shape index (κ3) is 3.53. The maximum absolute atomic E-state index is 13.1. The average molecular weight is 372 g/mol. The van der Waals surface area contributed by atoms with Crippen molar-refractivity contribution in [3.8, 4) is 0 Å². The van der Waals surface area contributed by atoms with Crippen LogP contribution in [0.25, 0.3) is 0 Å². The number of hydroxylamine groups is 1. The number of piperazine rings is 1. The minimum absolute atomic E-state index is 0.0245. The molecule has 2 atom stereocenters. The third-order valence-electron chi connectivity index (χ3n) is 6.47. The van der Waals surface area contributed by atoms with Crippen molar-refractivity contribution in [2.75, 3.05) is 37.6 Å². The monoisotopic (exact) mass is 372 g/mol. The summed E-state index contributed by atoms with van der Waals surface area (Å²) >= 11 is 0. The van der Waals surface area contributed by atoms with E-state index in [1.807, 2.05) is 17.0 Å². The second-order valence-electron chi connectivity index (χ2n) is 8.24. The van der Waals surface area contributed by atoms with Gasteiger partial charge in [0.15, 0.2) is 0 Å². The molecule has 4 rings (SSSR count). The average Bonchev–Trinajstić information content (AvgIpc) is 3.46. The normalized spacial score (nSPS) is 26.7. The summed E-state index contributed by atoms with van der Waals surface area (Å²) in [5, 5.41) is 12.4. The second kappa shape index (κ2) is 7.13. The van der Waals surface area contributed by atoms with Crippen LogP contribution in [0.4, 0.5) is 5.69 Å². The lowest BCUT2D eigenvalue weighted by Gasteiger charge is -2.41. The number of carbonyl (C=O) groups excluding carboxylic acids is 2. The third-order valence-corrected chi connectivity index (χ3v) is 6.47. The molecule has 1 aliphatic carbocycles. The molecule has 0 aromatic heterocycles.